The van der Waals surface area contributed by atoms with Crippen molar-refractivity contribution in [3.8, 4) is 0 Å². The summed E-state index contributed by atoms with van der Waals surface area (Å²) in [7, 11) is 0. The van der Waals surface area contributed by atoms with E-state index >= 15 is 0 Å². The van der Waals surface area contributed by atoms with Crippen molar-refractivity contribution in [2.45, 2.75) is 32.2 Å². The standard InChI is InChI=1S/C16H18N2O4/c1-11-9-13(18-22-11)10-15(19)17-14(7-8-16(20)21)12-5-3-2-4-6-12/h2-6,9,14H,7-8,10H2,1H3,(H,17,19)(H,20,21). The molecule has 1 atom stereocenters. The number of hydrogen-bond acceptors (Lipinski definition) is 4. The first kappa shape index (κ1) is 15.8. The van der Waals surface area contributed by atoms with E-state index in [-0.39, 0.29) is 24.8 Å². The van der Waals surface area contributed by atoms with Crippen molar-refractivity contribution in [1.29, 1.82) is 0 Å². The lowest BCUT2D eigenvalue weighted by Crippen LogP contribution is -2.30. The fraction of sp³-hybridized carbons (Fsp3) is 0.312. The summed E-state index contributed by atoms with van der Waals surface area (Å²) in [5, 5.41) is 15.5. The molecule has 1 unspecified atom stereocenters. The fourth-order valence-corrected chi connectivity index (χ4v) is 2.19. The van der Waals surface area contributed by atoms with E-state index in [1.165, 1.54) is 0 Å². The number of carbonyl (C=O) groups is 2. The minimum absolute atomic E-state index is 0.0110. The van der Waals surface area contributed by atoms with Gasteiger partial charge in [0.15, 0.2) is 0 Å². The summed E-state index contributed by atoms with van der Waals surface area (Å²) in [6.07, 6.45) is 0.430. The van der Waals surface area contributed by atoms with Crippen molar-refractivity contribution < 1.29 is 19.2 Å². The Labute approximate surface area is 128 Å². The molecule has 0 saturated carbocycles. The van der Waals surface area contributed by atoms with Gasteiger partial charge in [-0.15, -0.1) is 0 Å². The van der Waals surface area contributed by atoms with Gasteiger partial charge >= 0.3 is 5.97 Å². The van der Waals surface area contributed by atoms with Crippen LogP contribution in [-0.2, 0) is 16.0 Å². The first-order chi connectivity index (χ1) is 10.5. The Morgan fingerprint density at radius 1 is 1.32 bits per heavy atom. The second-order valence-electron chi connectivity index (χ2n) is 5.07. The van der Waals surface area contributed by atoms with Crippen LogP contribution in [0.2, 0.25) is 0 Å². The van der Waals surface area contributed by atoms with Crippen molar-refractivity contribution >= 4 is 11.9 Å². The normalized spacial score (nSPS) is 11.9. The summed E-state index contributed by atoms with van der Waals surface area (Å²) in [6, 6.07) is 10.7. The number of hydrogen-bond donors (Lipinski definition) is 2. The quantitative estimate of drug-likeness (QED) is 0.818. The molecule has 22 heavy (non-hydrogen) atoms. The number of aromatic nitrogens is 1. The van der Waals surface area contributed by atoms with Crippen LogP contribution in [-0.4, -0.2) is 22.1 Å². The predicted molar refractivity (Wildman–Crippen MR) is 79.1 cm³/mol. The molecule has 1 aromatic carbocycles. The number of rotatable bonds is 7. The molecule has 1 aromatic heterocycles. The summed E-state index contributed by atoms with van der Waals surface area (Å²) >= 11 is 0. The third-order valence-electron chi connectivity index (χ3n) is 3.20. The molecule has 0 bridgehead atoms. The molecule has 0 aliphatic heterocycles. The van der Waals surface area contributed by atoms with Crippen LogP contribution >= 0.6 is 0 Å². The Balaban J connectivity index is 2.02. The predicted octanol–water partition coefficient (Wildman–Crippen LogP) is 2.25. The number of nitrogens with one attached hydrogen (secondary N) is 1. The molecule has 2 aromatic rings. The monoisotopic (exact) mass is 302 g/mol. The molecule has 2 rings (SSSR count). The molecule has 6 heteroatoms. The lowest BCUT2D eigenvalue weighted by Gasteiger charge is -2.18. The third-order valence-corrected chi connectivity index (χ3v) is 3.20. The topological polar surface area (TPSA) is 92.4 Å². The van der Waals surface area contributed by atoms with E-state index in [1.807, 2.05) is 30.3 Å². The molecular weight excluding hydrogens is 284 g/mol. The van der Waals surface area contributed by atoms with Crippen molar-refractivity contribution in [2.24, 2.45) is 0 Å². The highest BCUT2D eigenvalue weighted by Crippen LogP contribution is 2.18. The summed E-state index contributed by atoms with van der Waals surface area (Å²) in [5.74, 6) is -0.455. The first-order valence-corrected chi connectivity index (χ1v) is 7.03. The van der Waals surface area contributed by atoms with Crippen LogP contribution < -0.4 is 5.32 Å². The van der Waals surface area contributed by atoms with Gasteiger partial charge in [-0.25, -0.2) is 0 Å². The van der Waals surface area contributed by atoms with Crippen LogP contribution in [0.4, 0.5) is 0 Å². The molecular formula is C16H18N2O4. The van der Waals surface area contributed by atoms with Gasteiger partial charge in [0.2, 0.25) is 5.91 Å². The highest BCUT2D eigenvalue weighted by molar-refractivity contribution is 5.78. The number of carboxylic acid groups (broad SMARTS) is 1. The van der Waals surface area contributed by atoms with E-state index in [2.05, 4.69) is 10.5 Å². The number of amides is 1. The molecule has 0 spiro atoms. The largest absolute Gasteiger partial charge is 0.481 e. The van der Waals surface area contributed by atoms with Crippen LogP contribution in [0.15, 0.2) is 40.9 Å². The van der Waals surface area contributed by atoms with Gasteiger partial charge < -0.3 is 14.9 Å². The van der Waals surface area contributed by atoms with Gasteiger partial charge in [0.25, 0.3) is 0 Å². The van der Waals surface area contributed by atoms with Crippen molar-refractivity contribution in [1.82, 2.24) is 10.5 Å². The Morgan fingerprint density at radius 3 is 2.64 bits per heavy atom. The Bertz CT molecular complexity index is 637. The van der Waals surface area contributed by atoms with Gasteiger partial charge in [-0.05, 0) is 18.9 Å². The number of nitrogens with zero attached hydrogens (tertiary/aromatic N) is 1. The smallest absolute Gasteiger partial charge is 0.303 e. The fourth-order valence-electron chi connectivity index (χ4n) is 2.19. The molecule has 0 saturated heterocycles. The van der Waals surface area contributed by atoms with Gasteiger partial charge in [0.05, 0.1) is 18.2 Å². The van der Waals surface area contributed by atoms with Gasteiger partial charge in [-0.1, -0.05) is 35.5 Å². The Morgan fingerprint density at radius 2 is 2.05 bits per heavy atom. The summed E-state index contributed by atoms with van der Waals surface area (Å²) in [4.78, 5) is 22.9. The van der Waals surface area contributed by atoms with Crippen LogP contribution in [0, 0.1) is 6.92 Å². The second kappa shape index (κ2) is 7.40. The maximum Gasteiger partial charge on any atom is 0.303 e. The molecule has 0 aliphatic carbocycles. The number of carbonyl (C=O) groups excluding carboxylic acids is 1. The summed E-state index contributed by atoms with van der Waals surface area (Å²) < 4.78 is 4.93. The van der Waals surface area contributed by atoms with E-state index in [4.69, 9.17) is 9.63 Å². The maximum absolute atomic E-state index is 12.1. The van der Waals surface area contributed by atoms with Crippen molar-refractivity contribution in [2.75, 3.05) is 0 Å². The van der Waals surface area contributed by atoms with E-state index in [1.54, 1.807) is 13.0 Å². The van der Waals surface area contributed by atoms with E-state index in [0.717, 1.165) is 5.56 Å². The highest BCUT2D eigenvalue weighted by atomic mass is 16.5. The maximum atomic E-state index is 12.1. The minimum Gasteiger partial charge on any atom is -0.481 e. The van der Waals surface area contributed by atoms with Crippen LogP contribution in [0.5, 0.6) is 0 Å². The van der Waals surface area contributed by atoms with Crippen LogP contribution in [0.1, 0.15) is 35.9 Å². The third kappa shape index (κ3) is 4.73. The molecule has 6 nitrogen and oxygen atoms in total. The lowest BCUT2D eigenvalue weighted by molar-refractivity contribution is -0.137. The number of benzene rings is 1. The Hall–Kier alpha value is -2.63. The summed E-state index contributed by atoms with van der Waals surface area (Å²) in [6.45, 7) is 1.76. The zero-order valence-electron chi connectivity index (χ0n) is 12.3. The molecule has 0 aliphatic rings. The molecule has 2 N–H and O–H groups in total. The van der Waals surface area contributed by atoms with Gasteiger partial charge in [0.1, 0.15) is 5.76 Å². The molecule has 0 fully saturated rings. The van der Waals surface area contributed by atoms with Crippen molar-refractivity contribution in [3.05, 3.63) is 53.4 Å². The number of aryl methyl sites for hydroxylation is 1. The SMILES string of the molecule is Cc1cc(CC(=O)NC(CCC(=O)O)c2ccccc2)no1. The van der Waals surface area contributed by atoms with Gasteiger partial charge in [-0.3, -0.25) is 9.59 Å². The lowest BCUT2D eigenvalue weighted by atomic mass is 10.0. The summed E-state index contributed by atoms with van der Waals surface area (Å²) in [5.41, 5.74) is 1.44. The zero-order chi connectivity index (χ0) is 15.9. The molecule has 1 heterocycles. The average Bonchev–Trinajstić information content (AvgIpc) is 2.89. The Kier molecular flexibility index (Phi) is 5.30. The number of aliphatic carboxylic acids is 1. The van der Waals surface area contributed by atoms with Crippen molar-refractivity contribution in [3.63, 3.8) is 0 Å². The zero-order valence-corrected chi connectivity index (χ0v) is 12.3. The minimum atomic E-state index is -0.887. The highest BCUT2D eigenvalue weighted by Gasteiger charge is 2.17. The van der Waals surface area contributed by atoms with Gasteiger partial charge in [0, 0.05) is 12.5 Å². The van der Waals surface area contributed by atoms with Crippen LogP contribution in [0.25, 0.3) is 0 Å². The second-order valence-corrected chi connectivity index (χ2v) is 5.07. The van der Waals surface area contributed by atoms with E-state index < -0.39 is 5.97 Å². The van der Waals surface area contributed by atoms with Gasteiger partial charge in [-0.2, -0.15) is 0 Å². The molecule has 0 radical (unpaired) electrons. The van der Waals surface area contributed by atoms with Crippen LogP contribution in [0.3, 0.4) is 0 Å². The van der Waals surface area contributed by atoms with E-state index in [9.17, 15) is 9.59 Å². The first-order valence-electron chi connectivity index (χ1n) is 7.03. The molecule has 1 amide bonds. The number of carboxylic acids is 1. The molecule has 116 valence electrons. The van der Waals surface area contributed by atoms with E-state index in [0.29, 0.717) is 17.9 Å². The average molecular weight is 302 g/mol.